The third-order valence-electron chi connectivity index (χ3n) is 3.37. The number of hydrogen-bond donors (Lipinski definition) is 1. The van der Waals surface area contributed by atoms with Crippen LogP contribution in [-0.2, 0) is 0 Å². The summed E-state index contributed by atoms with van der Waals surface area (Å²) in [6, 6.07) is 11.3. The number of anilines is 1. The summed E-state index contributed by atoms with van der Waals surface area (Å²) in [5, 5.41) is 3.00. The van der Waals surface area contributed by atoms with Gasteiger partial charge >= 0.3 is 6.36 Å². The molecular formula is C18H11ClF3N3O2. The first kappa shape index (κ1) is 18.7. The van der Waals surface area contributed by atoms with Gasteiger partial charge < -0.3 is 10.1 Å². The van der Waals surface area contributed by atoms with Gasteiger partial charge in [-0.25, -0.2) is 0 Å². The van der Waals surface area contributed by atoms with Gasteiger partial charge in [0.2, 0.25) is 0 Å². The summed E-state index contributed by atoms with van der Waals surface area (Å²) < 4.78 is 40.2. The van der Waals surface area contributed by atoms with Crippen molar-refractivity contribution in [2.45, 2.75) is 6.36 Å². The van der Waals surface area contributed by atoms with Gasteiger partial charge in [0.1, 0.15) is 11.4 Å². The highest BCUT2D eigenvalue weighted by molar-refractivity contribution is 6.33. The molecule has 1 aromatic carbocycles. The summed E-state index contributed by atoms with van der Waals surface area (Å²) in [4.78, 5) is 20.5. The largest absolute Gasteiger partial charge is 0.573 e. The molecule has 0 aliphatic rings. The van der Waals surface area contributed by atoms with Crippen LogP contribution in [0.1, 0.15) is 10.5 Å². The lowest BCUT2D eigenvalue weighted by atomic mass is 10.1. The second-order valence-electron chi connectivity index (χ2n) is 5.29. The van der Waals surface area contributed by atoms with Crippen LogP contribution in [0.2, 0.25) is 5.02 Å². The van der Waals surface area contributed by atoms with E-state index < -0.39 is 12.3 Å². The molecule has 0 aliphatic heterocycles. The highest BCUT2D eigenvalue weighted by Gasteiger charge is 2.30. The number of ether oxygens (including phenoxy) is 1. The minimum absolute atomic E-state index is 0.126. The van der Waals surface area contributed by atoms with Gasteiger partial charge in [0.05, 0.1) is 10.7 Å². The zero-order valence-corrected chi connectivity index (χ0v) is 14.3. The van der Waals surface area contributed by atoms with Crippen LogP contribution in [0.4, 0.5) is 18.9 Å². The van der Waals surface area contributed by atoms with E-state index >= 15 is 0 Å². The number of nitrogens with zero attached hydrogens (tertiary/aromatic N) is 2. The fourth-order valence-corrected chi connectivity index (χ4v) is 2.43. The molecule has 0 spiro atoms. The number of hydrogen-bond acceptors (Lipinski definition) is 4. The van der Waals surface area contributed by atoms with Gasteiger partial charge in [-0.05, 0) is 48.5 Å². The quantitative estimate of drug-likeness (QED) is 0.681. The van der Waals surface area contributed by atoms with E-state index in [1.165, 1.54) is 24.4 Å². The molecule has 1 N–H and O–H groups in total. The lowest BCUT2D eigenvalue weighted by Crippen LogP contribution is -2.17. The molecule has 3 rings (SSSR count). The van der Waals surface area contributed by atoms with Crippen LogP contribution in [-0.4, -0.2) is 22.2 Å². The molecule has 9 heteroatoms. The Morgan fingerprint density at radius 2 is 1.78 bits per heavy atom. The molecule has 2 heterocycles. The molecule has 3 aromatic rings. The number of alkyl halides is 3. The molecule has 0 aliphatic carbocycles. The summed E-state index contributed by atoms with van der Waals surface area (Å²) in [5.74, 6) is -0.895. The fraction of sp³-hybridized carbons (Fsp3) is 0.0556. The third kappa shape index (κ3) is 4.95. The molecule has 0 bridgehead atoms. The second kappa shape index (κ2) is 7.63. The third-order valence-corrected chi connectivity index (χ3v) is 3.68. The minimum atomic E-state index is -4.77. The van der Waals surface area contributed by atoms with E-state index in [2.05, 4.69) is 20.0 Å². The highest BCUT2D eigenvalue weighted by Crippen LogP contribution is 2.25. The molecule has 0 atom stereocenters. The Morgan fingerprint density at radius 3 is 2.37 bits per heavy atom. The summed E-state index contributed by atoms with van der Waals surface area (Å²) in [6.45, 7) is 0. The van der Waals surface area contributed by atoms with E-state index in [1.54, 1.807) is 24.4 Å². The zero-order valence-electron chi connectivity index (χ0n) is 13.5. The van der Waals surface area contributed by atoms with Crippen molar-refractivity contribution in [3.63, 3.8) is 0 Å². The number of carbonyl (C=O) groups is 1. The maximum atomic E-state index is 12.2. The first-order valence-corrected chi connectivity index (χ1v) is 7.94. The van der Waals surface area contributed by atoms with Crippen LogP contribution in [0.25, 0.3) is 11.3 Å². The van der Waals surface area contributed by atoms with Gasteiger partial charge in [-0.15, -0.1) is 13.2 Å². The van der Waals surface area contributed by atoms with Crippen molar-refractivity contribution < 1.29 is 22.7 Å². The SMILES string of the molecule is O=C(Nc1ccc(OC(F)(F)F)cc1)c1ccc(-c2ncccc2Cl)cn1. The maximum absolute atomic E-state index is 12.2. The number of benzene rings is 1. The molecule has 2 aromatic heterocycles. The standard InChI is InChI=1S/C18H11ClF3N3O2/c19-14-2-1-9-23-16(14)11-3-8-15(24-10-11)17(26)25-12-4-6-13(7-5-12)27-18(20,21)22/h1-10H,(H,25,26). The molecule has 1 amide bonds. The summed E-state index contributed by atoms with van der Waals surface area (Å²) in [5.41, 5.74) is 1.61. The van der Waals surface area contributed by atoms with Crippen molar-refractivity contribution in [3.8, 4) is 17.0 Å². The van der Waals surface area contributed by atoms with Crippen LogP contribution in [0.3, 0.4) is 0 Å². The molecule has 138 valence electrons. The second-order valence-corrected chi connectivity index (χ2v) is 5.70. The molecule has 0 saturated carbocycles. The smallest absolute Gasteiger partial charge is 0.406 e. The van der Waals surface area contributed by atoms with E-state index in [4.69, 9.17) is 11.6 Å². The van der Waals surface area contributed by atoms with Crippen LogP contribution in [0, 0.1) is 0 Å². The predicted octanol–water partition coefficient (Wildman–Crippen LogP) is 4.95. The van der Waals surface area contributed by atoms with Crippen molar-refractivity contribution >= 4 is 23.2 Å². The Kier molecular flexibility index (Phi) is 5.27. The normalized spacial score (nSPS) is 11.1. The molecule has 0 radical (unpaired) electrons. The van der Waals surface area contributed by atoms with Crippen LogP contribution in [0.15, 0.2) is 60.9 Å². The van der Waals surface area contributed by atoms with Crippen LogP contribution >= 0.6 is 11.6 Å². The van der Waals surface area contributed by atoms with E-state index in [0.717, 1.165) is 12.1 Å². The first-order chi connectivity index (χ1) is 12.8. The fourth-order valence-electron chi connectivity index (χ4n) is 2.20. The van der Waals surface area contributed by atoms with E-state index in [-0.39, 0.29) is 11.4 Å². The van der Waals surface area contributed by atoms with E-state index in [9.17, 15) is 18.0 Å². The Bertz CT molecular complexity index is 945. The predicted molar refractivity (Wildman–Crippen MR) is 93.6 cm³/mol. The zero-order chi connectivity index (χ0) is 19.4. The van der Waals surface area contributed by atoms with Gasteiger partial charge in [-0.2, -0.15) is 0 Å². The number of halogens is 4. The first-order valence-electron chi connectivity index (χ1n) is 7.56. The van der Waals surface area contributed by atoms with Crippen molar-refractivity contribution in [1.29, 1.82) is 0 Å². The molecule has 27 heavy (non-hydrogen) atoms. The Balaban J connectivity index is 1.69. The lowest BCUT2D eigenvalue weighted by Gasteiger charge is -2.10. The topological polar surface area (TPSA) is 64.1 Å². The number of rotatable bonds is 4. The number of carbonyl (C=O) groups excluding carboxylic acids is 1. The molecular weight excluding hydrogens is 383 g/mol. The van der Waals surface area contributed by atoms with Gasteiger partial charge in [0.15, 0.2) is 0 Å². The summed E-state index contributed by atoms with van der Waals surface area (Å²) in [7, 11) is 0. The molecule has 0 saturated heterocycles. The van der Waals surface area contributed by atoms with Crippen LogP contribution < -0.4 is 10.1 Å². The highest BCUT2D eigenvalue weighted by atomic mass is 35.5. The van der Waals surface area contributed by atoms with E-state index in [1.807, 2.05) is 0 Å². The van der Waals surface area contributed by atoms with Crippen molar-refractivity contribution in [2.75, 3.05) is 5.32 Å². The van der Waals surface area contributed by atoms with Gasteiger partial charge in [0.25, 0.3) is 5.91 Å². The van der Waals surface area contributed by atoms with Crippen molar-refractivity contribution in [1.82, 2.24) is 9.97 Å². The van der Waals surface area contributed by atoms with E-state index in [0.29, 0.717) is 22.0 Å². The summed E-state index contributed by atoms with van der Waals surface area (Å²) >= 11 is 6.07. The maximum Gasteiger partial charge on any atom is 0.573 e. The average Bonchev–Trinajstić information content (AvgIpc) is 2.63. The molecule has 0 fully saturated rings. The van der Waals surface area contributed by atoms with Crippen molar-refractivity contribution in [3.05, 3.63) is 71.6 Å². The Labute approximate surface area is 156 Å². The monoisotopic (exact) mass is 393 g/mol. The van der Waals surface area contributed by atoms with Gasteiger partial charge in [0, 0.05) is 23.6 Å². The van der Waals surface area contributed by atoms with Crippen molar-refractivity contribution in [2.24, 2.45) is 0 Å². The Morgan fingerprint density at radius 1 is 1.04 bits per heavy atom. The lowest BCUT2D eigenvalue weighted by molar-refractivity contribution is -0.274. The number of aromatic nitrogens is 2. The number of amides is 1. The van der Waals surface area contributed by atoms with Gasteiger partial charge in [-0.1, -0.05) is 11.6 Å². The Hall–Kier alpha value is -3.13. The number of nitrogens with one attached hydrogen (secondary N) is 1. The molecule has 0 unspecified atom stereocenters. The van der Waals surface area contributed by atoms with Gasteiger partial charge in [-0.3, -0.25) is 14.8 Å². The number of pyridine rings is 2. The minimum Gasteiger partial charge on any atom is -0.406 e. The molecule has 5 nitrogen and oxygen atoms in total. The average molecular weight is 394 g/mol. The van der Waals surface area contributed by atoms with Crippen LogP contribution in [0.5, 0.6) is 5.75 Å². The summed E-state index contributed by atoms with van der Waals surface area (Å²) in [6.07, 6.45) is -1.72.